The van der Waals surface area contributed by atoms with Crippen molar-refractivity contribution in [1.29, 1.82) is 0 Å². The first-order valence-electron chi connectivity index (χ1n) is 5.11. The minimum atomic E-state index is -0.190. The molecule has 0 atom stereocenters. The Kier molecular flexibility index (Phi) is 2.82. The van der Waals surface area contributed by atoms with E-state index in [1.54, 1.807) is 12.1 Å². The average molecular weight is 193 g/mol. The fraction of sp³-hybridized carbons (Fsp3) is 0.500. The van der Waals surface area contributed by atoms with Crippen LogP contribution in [0.5, 0.6) is 0 Å². The van der Waals surface area contributed by atoms with E-state index in [1.807, 2.05) is 0 Å². The quantitative estimate of drug-likeness (QED) is 0.727. The summed E-state index contributed by atoms with van der Waals surface area (Å²) < 4.78 is 12.9. The van der Waals surface area contributed by atoms with Crippen LogP contribution in [0.1, 0.15) is 37.2 Å². The van der Waals surface area contributed by atoms with E-state index in [4.69, 9.17) is 0 Å². The van der Waals surface area contributed by atoms with Crippen LogP contribution in [0.15, 0.2) is 18.2 Å². The zero-order chi connectivity index (χ0) is 9.97. The van der Waals surface area contributed by atoms with Gasteiger partial charge in [-0.3, -0.25) is 0 Å². The van der Waals surface area contributed by atoms with Crippen LogP contribution >= 0.6 is 0 Å². The number of hydrogen-bond acceptors (Lipinski definition) is 1. The summed E-state index contributed by atoms with van der Waals surface area (Å²) in [5, 5.41) is 9.34. The van der Waals surface area contributed by atoms with Crippen molar-refractivity contribution >= 4 is 0 Å². The lowest BCUT2D eigenvalue weighted by Gasteiger charge is -2.25. The molecule has 1 saturated carbocycles. The van der Waals surface area contributed by atoms with Crippen LogP contribution in [-0.2, 0) is 0 Å². The van der Waals surface area contributed by atoms with Crippen molar-refractivity contribution in [3.63, 3.8) is 0 Å². The normalized spacial score (nSPS) is 27.6. The Bertz CT molecular complexity index is 303. The Morgan fingerprint density at radius 1 is 1.29 bits per heavy atom. The Morgan fingerprint density at radius 2 is 2.00 bits per heavy atom. The molecule has 1 aliphatic carbocycles. The van der Waals surface area contributed by atoms with Gasteiger partial charge in [0.2, 0.25) is 0 Å². The molecule has 0 aromatic heterocycles. The van der Waals surface area contributed by atoms with E-state index < -0.39 is 0 Å². The molecule has 1 N–H and O–H groups in total. The van der Waals surface area contributed by atoms with Crippen LogP contribution in [0.25, 0.3) is 0 Å². The zero-order valence-corrected chi connectivity index (χ0v) is 8.04. The first-order chi connectivity index (χ1) is 6.75. The molecule has 0 unspecified atom stereocenters. The molecule has 1 aliphatic rings. The van der Waals surface area contributed by atoms with Gasteiger partial charge in [-0.1, -0.05) is 6.07 Å². The average Bonchev–Trinajstić information content (AvgIpc) is 2.19. The lowest BCUT2D eigenvalue weighted by Crippen LogP contribution is -2.17. The summed E-state index contributed by atoms with van der Waals surface area (Å²) in [6.45, 7) is 0. The molecule has 2 heteroatoms. The third-order valence-corrected chi connectivity index (χ3v) is 2.92. The number of rotatable bonds is 1. The second-order valence-corrected chi connectivity index (χ2v) is 3.97. The van der Waals surface area contributed by atoms with E-state index in [2.05, 4.69) is 6.07 Å². The molecule has 14 heavy (non-hydrogen) atoms. The first-order valence-corrected chi connectivity index (χ1v) is 5.11. The van der Waals surface area contributed by atoms with Crippen LogP contribution in [0, 0.1) is 11.9 Å². The Balaban J connectivity index is 2.08. The highest BCUT2D eigenvalue weighted by atomic mass is 19.1. The molecule has 1 fully saturated rings. The van der Waals surface area contributed by atoms with Crippen molar-refractivity contribution in [3.8, 4) is 0 Å². The Labute approximate surface area is 83.6 Å². The molecule has 75 valence electrons. The van der Waals surface area contributed by atoms with Gasteiger partial charge in [0.15, 0.2) is 0 Å². The third kappa shape index (κ3) is 2.13. The molecular formula is C12H14FO. The van der Waals surface area contributed by atoms with Gasteiger partial charge < -0.3 is 5.11 Å². The maximum absolute atomic E-state index is 12.9. The molecule has 0 heterocycles. The number of hydrogen-bond donors (Lipinski definition) is 1. The van der Waals surface area contributed by atoms with Crippen LogP contribution in [0.4, 0.5) is 4.39 Å². The molecule has 0 spiro atoms. The second kappa shape index (κ2) is 4.09. The fourth-order valence-corrected chi connectivity index (χ4v) is 2.08. The Hall–Kier alpha value is -0.890. The minimum Gasteiger partial charge on any atom is -0.393 e. The van der Waals surface area contributed by atoms with Gasteiger partial charge in [-0.15, -0.1) is 0 Å². The summed E-state index contributed by atoms with van der Waals surface area (Å²) in [6, 6.07) is 7.68. The molecule has 0 amide bonds. The van der Waals surface area contributed by atoms with Gasteiger partial charge >= 0.3 is 0 Å². The van der Waals surface area contributed by atoms with Crippen molar-refractivity contribution in [1.82, 2.24) is 0 Å². The van der Waals surface area contributed by atoms with Gasteiger partial charge in [0.25, 0.3) is 0 Å². The van der Waals surface area contributed by atoms with Crippen molar-refractivity contribution in [2.75, 3.05) is 0 Å². The van der Waals surface area contributed by atoms with Gasteiger partial charge in [-0.05, 0) is 55.4 Å². The molecule has 1 aromatic rings. The van der Waals surface area contributed by atoms with Crippen LogP contribution in [0.2, 0.25) is 0 Å². The van der Waals surface area contributed by atoms with Crippen molar-refractivity contribution in [3.05, 3.63) is 35.6 Å². The van der Waals surface area contributed by atoms with Gasteiger partial charge in [-0.25, -0.2) is 4.39 Å². The van der Waals surface area contributed by atoms with Gasteiger partial charge in [0.1, 0.15) is 5.82 Å². The van der Waals surface area contributed by atoms with Crippen molar-refractivity contribution in [2.45, 2.75) is 37.7 Å². The van der Waals surface area contributed by atoms with E-state index in [1.165, 1.54) is 6.07 Å². The third-order valence-electron chi connectivity index (χ3n) is 2.92. The number of halogens is 1. The molecule has 0 aliphatic heterocycles. The summed E-state index contributed by atoms with van der Waals surface area (Å²) >= 11 is 0. The SMILES string of the molecule is O[C@H]1CC[C@@H](c2[c]ccc(F)c2)CC1. The number of benzene rings is 1. The lowest BCUT2D eigenvalue weighted by atomic mass is 9.83. The smallest absolute Gasteiger partial charge is 0.123 e. The van der Waals surface area contributed by atoms with Gasteiger partial charge in [-0.2, -0.15) is 0 Å². The molecule has 1 aromatic carbocycles. The van der Waals surface area contributed by atoms with E-state index in [0.717, 1.165) is 31.2 Å². The summed E-state index contributed by atoms with van der Waals surface area (Å²) in [6.07, 6.45) is 3.39. The molecule has 2 rings (SSSR count). The van der Waals surface area contributed by atoms with Gasteiger partial charge in [0.05, 0.1) is 6.10 Å². The molecule has 1 radical (unpaired) electrons. The maximum Gasteiger partial charge on any atom is 0.123 e. The molecule has 1 nitrogen and oxygen atoms in total. The summed E-state index contributed by atoms with van der Waals surface area (Å²) in [4.78, 5) is 0. The summed E-state index contributed by atoms with van der Waals surface area (Å²) in [5.74, 6) is 0.193. The number of aliphatic hydroxyl groups is 1. The standard InChI is InChI=1S/C12H14FO/c13-11-3-1-2-10(8-11)9-4-6-12(14)7-5-9/h1,3,8-9,12,14H,4-7H2/t9-,12+. The van der Waals surface area contributed by atoms with E-state index in [0.29, 0.717) is 5.92 Å². The van der Waals surface area contributed by atoms with E-state index in [-0.39, 0.29) is 11.9 Å². The maximum atomic E-state index is 12.9. The number of aliphatic hydroxyl groups excluding tert-OH is 1. The van der Waals surface area contributed by atoms with Crippen molar-refractivity contribution in [2.24, 2.45) is 0 Å². The summed E-state index contributed by atoms with van der Waals surface area (Å²) in [7, 11) is 0. The molecular weight excluding hydrogens is 179 g/mol. The monoisotopic (exact) mass is 193 g/mol. The van der Waals surface area contributed by atoms with E-state index in [9.17, 15) is 9.50 Å². The summed E-state index contributed by atoms with van der Waals surface area (Å²) in [5.41, 5.74) is 0.955. The van der Waals surface area contributed by atoms with Crippen LogP contribution in [-0.4, -0.2) is 11.2 Å². The largest absolute Gasteiger partial charge is 0.393 e. The minimum absolute atomic E-state index is 0.153. The van der Waals surface area contributed by atoms with Crippen LogP contribution in [0.3, 0.4) is 0 Å². The highest BCUT2D eigenvalue weighted by molar-refractivity contribution is 5.19. The predicted octanol–water partition coefficient (Wildman–Crippen LogP) is 2.64. The predicted molar refractivity (Wildman–Crippen MR) is 52.5 cm³/mol. The first kappa shape index (κ1) is 9.66. The highest BCUT2D eigenvalue weighted by Gasteiger charge is 2.20. The lowest BCUT2D eigenvalue weighted by molar-refractivity contribution is 0.122. The highest BCUT2D eigenvalue weighted by Crippen LogP contribution is 2.32. The van der Waals surface area contributed by atoms with Crippen LogP contribution < -0.4 is 0 Å². The second-order valence-electron chi connectivity index (χ2n) is 3.97. The van der Waals surface area contributed by atoms with E-state index >= 15 is 0 Å². The Morgan fingerprint density at radius 3 is 2.64 bits per heavy atom. The molecule has 0 saturated heterocycles. The van der Waals surface area contributed by atoms with Gasteiger partial charge in [0, 0.05) is 0 Å². The topological polar surface area (TPSA) is 20.2 Å². The fourth-order valence-electron chi connectivity index (χ4n) is 2.08. The zero-order valence-electron chi connectivity index (χ0n) is 8.04. The van der Waals surface area contributed by atoms with Crippen molar-refractivity contribution < 1.29 is 9.50 Å². The molecule has 0 bridgehead atoms.